The maximum absolute atomic E-state index is 5.16. The quantitative estimate of drug-likeness (QED) is 0.139. The Morgan fingerprint density at radius 2 is 1.10 bits per heavy atom. The SMILES string of the molecule is CC(C)(C)c1cc(-c2cc(-c3[c-]cc4ccccc4c3)nc(-c3cc4ccccc4cn3)c2)cc(C(C)(C)C)c1.[Cl][Pd+]. The molecular weight excluding hydrogens is 626 g/mol. The van der Waals surface area contributed by atoms with Crippen LogP contribution in [0, 0.1) is 6.07 Å². The first-order valence-corrected chi connectivity index (χ1v) is 16.1. The molecule has 0 atom stereocenters. The fraction of sp³-hybridized carbons (Fsp3) is 0.211. The second-order valence-corrected chi connectivity index (χ2v) is 12.8. The van der Waals surface area contributed by atoms with Crippen LogP contribution in [0.15, 0.2) is 103 Å². The van der Waals surface area contributed by atoms with Crippen LogP contribution in [-0.4, -0.2) is 9.97 Å². The van der Waals surface area contributed by atoms with Crippen molar-refractivity contribution in [2.75, 3.05) is 0 Å². The van der Waals surface area contributed by atoms with Crippen LogP contribution in [0.2, 0.25) is 0 Å². The third kappa shape index (κ3) is 6.50. The number of hydrogen-bond acceptors (Lipinski definition) is 2. The van der Waals surface area contributed by atoms with E-state index in [0.717, 1.165) is 39.0 Å². The van der Waals surface area contributed by atoms with Gasteiger partial charge in [-0.15, -0.1) is 29.1 Å². The van der Waals surface area contributed by atoms with Gasteiger partial charge in [-0.05, 0) is 56.3 Å². The van der Waals surface area contributed by atoms with Crippen LogP contribution in [0.4, 0.5) is 0 Å². The van der Waals surface area contributed by atoms with Gasteiger partial charge < -0.3 is 0 Å². The Labute approximate surface area is 264 Å². The summed E-state index contributed by atoms with van der Waals surface area (Å²) in [6.07, 6.45) is 1.94. The molecule has 4 aromatic carbocycles. The number of aromatic nitrogens is 2. The molecule has 6 aromatic rings. The van der Waals surface area contributed by atoms with Gasteiger partial charge in [-0.1, -0.05) is 120 Å². The van der Waals surface area contributed by atoms with Gasteiger partial charge in [0.1, 0.15) is 0 Å². The van der Waals surface area contributed by atoms with Crippen molar-refractivity contribution in [3.63, 3.8) is 0 Å². The fourth-order valence-corrected chi connectivity index (χ4v) is 5.12. The number of rotatable bonds is 3. The average Bonchev–Trinajstić information content (AvgIpc) is 3.00. The zero-order valence-electron chi connectivity index (χ0n) is 24.9. The molecule has 0 bridgehead atoms. The van der Waals surface area contributed by atoms with Crippen LogP contribution in [0.1, 0.15) is 52.7 Å². The first-order valence-electron chi connectivity index (χ1n) is 14.1. The van der Waals surface area contributed by atoms with E-state index in [1.54, 1.807) is 0 Å². The molecule has 0 spiro atoms. The summed E-state index contributed by atoms with van der Waals surface area (Å²) in [5.41, 5.74) is 8.64. The van der Waals surface area contributed by atoms with Crippen molar-refractivity contribution in [3.8, 4) is 33.8 Å². The first kappa shape index (κ1) is 30.1. The van der Waals surface area contributed by atoms with E-state index in [1.165, 1.54) is 27.5 Å². The molecule has 214 valence electrons. The Morgan fingerprint density at radius 1 is 0.571 bits per heavy atom. The molecular formula is C38H35ClN2Pd. The Balaban J connectivity index is 0.00000173. The van der Waals surface area contributed by atoms with Crippen LogP contribution in [0.5, 0.6) is 0 Å². The normalized spacial score (nSPS) is 11.8. The molecule has 0 aliphatic carbocycles. The minimum atomic E-state index is 0.0285. The zero-order chi connectivity index (χ0) is 30.1. The molecule has 0 amide bonds. The molecule has 2 heterocycles. The van der Waals surface area contributed by atoms with E-state index in [-0.39, 0.29) is 10.8 Å². The number of benzene rings is 4. The maximum atomic E-state index is 5.16. The van der Waals surface area contributed by atoms with Gasteiger partial charge in [0, 0.05) is 11.6 Å². The van der Waals surface area contributed by atoms with Crippen molar-refractivity contribution in [2.24, 2.45) is 0 Å². The van der Waals surface area contributed by atoms with Crippen LogP contribution in [0.3, 0.4) is 0 Å². The van der Waals surface area contributed by atoms with Gasteiger partial charge in [0.15, 0.2) is 0 Å². The number of halogens is 1. The Hall–Kier alpha value is -3.35. The molecule has 42 heavy (non-hydrogen) atoms. The van der Waals surface area contributed by atoms with Crippen LogP contribution in [0.25, 0.3) is 55.3 Å². The van der Waals surface area contributed by atoms with Gasteiger partial charge in [-0.3, -0.25) is 9.97 Å². The summed E-state index contributed by atoms with van der Waals surface area (Å²) in [6.45, 7) is 13.7. The number of hydrogen-bond donors (Lipinski definition) is 0. The summed E-state index contributed by atoms with van der Waals surface area (Å²) < 4.78 is 0. The summed E-state index contributed by atoms with van der Waals surface area (Å²) >= 11 is 2.22. The van der Waals surface area contributed by atoms with Crippen molar-refractivity contribution in [1.29, 1.82) is 0 Å². The third-order valence-corrected chi connectivity index (χ3v) is 7.67. The van der Waals surface area contributed by atoms with E-state index in [2.05, 4.69) is 166 Å². The van der Waals surface area contributed by atoms with Gasteiger partial charge >= 0.3 is 27.7 Å². The summed E-state index contributed by atoms with van der Waals surface area (Å²) in [5.74, 6) is 0. The predicted octanol–water partition coefficient (Wildman–Crippen LogP) is 10.9. The Kier molecular flexibility index (Phi) is 8.68. The molecule has 2 nitrogen and oxygen atoms in total. The molecule has 0 aliphatic heterocycles. The van der Waals surface area contributed by atoms with E-state index in [0.29, 0.717) is 0 Å². The van der Waals surface area contributed by atoms with E-state index < -0.39 is 0 Å². The molecule has 4 heteroatoms. The first-order chi connectivity index (χ1) is 20.0. The van der Waals surface area contributed by atoms with E-state index in [4.69, 9.17) is 9.97 Å². The Bertz CT molecular complexity index is 1750. The summed E-state index contributed by atoms with van der Waals surface area (Å²) in [7, 11) is 4.49. The number of fused-ring (bicyclic) bond motifs is 2. The Morgan fingerprint density at radius 3 is 1.71 bits per heavy atom. The molecule has 0 radical (unpaired) electrons. The van der Waals surface area contributed by atoms with E-state index in [1.807, 2.05) is 12.3 Å². The molecule has 0 fully saturated rings. The van der Waals surface area contributed by atoms with Crippen LogP contribution < -0.4 is 0 Å². The molecule has 0 saturated carbocycles. The molecule has 2 aromatic heterocycles. The van der Waals surface area contributed by atoms with Crippen molar-refractivity contribution >= 4 is 31.1 Å². The van der Waals surface area contributed by atoms with Crippen LogP contribution in [-0.2, 0) is 29.0 Å². The van der Waals surface area contributed by atoms with Gasteiger partial charge in [0.05, 0.1) is 11.4 Å². The number of pyridine rings is 2. The summed E-state index contributed by atoms with van der Waals surface area (Å²) in [6, 6.07) is 38.1. The standard InChI is InChI=1S/C38H35N2.ClH.Pd/c1-37(2,3)32-18-30(19-33(23-32)38(4,5)6)31-21-34(28-16-15-25-11-7-8-12-26(25)17-28)40-36(22-31)35-20-27-13-9-10-14-29(27)24-39-35;;/h7-15,17-24H,1-6H3;1H;/q-1;;+2/p-1. The van der Waals surface area contributed by atoms with Crippen molar-refractivity contribution < 1.29 is 18.2 Å². The molecule has 6 rings (SSSR count). The van der Waals surface area contributed by atoms with Crippen LogP contribution >= 0.6 is 9.53 Å². The van der Waals surface area contributed by atoms with Gasteiger partial charge in [-0.25, -0.2) is 0 Å². The molecule has 0 N–H and O–H groups in total. The van der Waals surface area contributed by atoms with Gasteiger partial charge in [0.2, 0.25) is 0 Å². The molecule has 0 unspecified atom stereocenters. The summed E-state index contributed by atoms with van der Waals surface area (Å²) in [5, 5.41) is 4.63. The van der Waals surface area contributed by atoms with E-state index in [9.17, 15) is 0 Å². The topological polar surface area (TPSA) is 25.8 Å². The van der Waals surface area contributed by atoms with Crippen molar-refractivity contribution in [2.45, 2.75) is 52.4 Å². The average molecular weight is 662 g/mol. The zero-order valence-corrected chi connectivity index (χ0v) is 27.2. The van der Waals surface area contributed by atoms with Crippen molar-refractivity contribution in [1.82, 2.24) is 9.97 Å². The van der Waals surface area contributed by atoms with Crippen molar-refractivity contribution in [3.05, 3.63) is 120 Å². The minimum absolute atomic E-state index is 0.0285. The fourth-order valence-electron chi connectivity index (χ4n) is 5.12. The second kappa shape index (κ2) is 12.1. The predicted molar refractivity (Wildman–Crippen MR) is 175 cm³/mol. The monoisotopic (exact) mass is 660 g/mol. The third-order valence-electron chi connectivity index (χ3n) is 7.67. The molecule has 0 saturated heterocycles. The summed E-state index contributed by atoms with van der Waals surface area (Å²) in [4.78, 5) is 10.00. The molecule has 0 aliphatic rings. The number of nitrogens with zero attached hydrogens (tertiary/aromatic N) is 2. The second-order valence-electron chi connectivity index (χ2n) is 12.8. The van der Waals surface area contributed by atoms with E-state index >= 15 is 0 Å². The van der Waals surface area contributed by atoms with Gasteiger partial charge in [0.25, 0.3) is 0 Å². The van der Waals surface area contributed by atoms with Gasteiger partial charge in [-0.2, -0.15) is 0 Å².